The van der Waals surface area contributed by atoms with Crippen molar-refractivity contribution in [1.29, 1.82) is 0 Å². The fourth-order valence-corrected chi connectivity index (χ4v) is 21.5. The maximum absolute atomic E-state index is 6.51. The minimum atomic E-state index is 0.490. The topological polar surface area (TPSA) is 92.1 Å². The number of hydrogen-bond acceptors (Lipinski definition) is 6. The highest BCUT2D eigenvalue weighted by molar-refractivity contribution is 6.34. The van der Waals surface area contributed by atoms with Gasteiger partial charge in [0.05, 0.1) is 49.7 Å². The van der Waals surface area contributed by atoms with E-state index >= 15 is 0 Å². The maximum Gasteiger partial charge on any atom is 0.162 e. The molecular weight excluding hydrogens is 1770 g/mol. The van der Waals surface area contributed by atoms with E-state index in [1.165, 1.54) is 142 Å². The van der Waals surface area contributed by atoms with Crippen LogP contribution in [0.3, 0.4) is 0 Å². The summed E-state index contributed by atoms with van der Waals surface area (Å²) in [6, 6.07) is 162. The highest BCUT2D eigenvalue weighted by Crippen LogP contribution is 2.46. The Morgan fingerprint density at radius 1 is 0.179 bits per heavy atom. The van der Waals surface area contributed by atoms with Crippen molar-refractivity contribution in [2.75, 3.05) is 0 Å². The Kier molecular flexibility index (Phi) is 20.7. The van der Waals surface area contributed by atoms with Crippen LogP contribution in [0, 0.1) is 0 Å². The lowest BCUT2D eigenvalue weighted by atomic mass is 10.0. The van der Waals surface area contributed by atoms with Gasteiger partial charge in [0.25, 0.3) is 0 Å². The van der Waals surface area contributed by atoms with Crippen molar-refractivity contribution < 1.29 is 0 Å². The molecule has 0 radical (unpaired) electrons. The molecule has 0 N–H and O–H groups in total. The van der Waals surface area contributed by atoms with Gasteiger partial charge < -0.3 is 4.57 Å². The van der Waals surface area contributed by atoms with Gasteiger partial charge in [-0.05, 0) is 268 Å². The summed E-state index contributed by atoms with van der Waals surface area (Å²) in [6.45, 7) is 0. The van der Waals surface area contributed by atoms with Crippen molar-refractivity contribution >= 4 is 198 Å². The van der Waals surface area contributed by atoms with E-state index in [2.05, 4.69) is 418 Å². The summed E-state index contributed by atoms with van der Waals surface area (Å²) in [4.78, 5) is 29.8. The SMILES string of the molecule is Clc1ccc2c(c1)-c1cc3ccccc3cc1C2.Clc1ccc2c(c1)c1cc3ccccc3cc1n2-c1nc(-c2ccc3ccccc3c2)nc2ccccc12.Clc1nc(-c2ccc3ccccc3c2)nc2ccccc12.c1ccc2c(c1)Cc1ccccc1-2.c1ccc2cc(-c3nc(-n4c5ccc(-n6c7ccccc7c7ccccc76)cc5c5cc6ccccc6cc54)c4ccccc4n3)ccc2c1. The van der Waals surface area contributed by atoms with Gasteiger partial charge in [0.1, 0.15) is 16.8 Å². The van der Waals surface area contributed by atoms with E-state index in [9.17, 15) is 0 Å². The molecule has 9 nitrogen and oxygen atoms in total. The molecule has 2 aliphatic carbocycles. The molecule has 12 heteroatoms. The van der Waals surface area contributed by atoms with Gasteiger partial charge in [-0.3, -0.25) is 9.13 Å². The zero-order valence-corrected chi connectivity index (χ0v) is 77.7. The Morgan fingerprint density at radius 3 is 1.00 bits per heavy atom. The molecule has 0 saturated carbocycles. The standard InChI is InChI=1S/C46H28N4.C34H20ClN3.C18H11ClN2.C17H11Cl.C13H10/c1-2-12-30-25-33(22-21-29(30)11-1)45-47-40-18-8-5-17-37(40)46(48-45)50-43-24-23-34(28-39(43)38-26-31-13-3-4-14-32(31)27-44(38)50)49-41-19-9-6-15-35(41)36-16-7-10-20-42(36)49;35-26-15-16-31-29(20-26)28-18-23-9-3-4-10-24(23)19-32(28)38(31)34-27-11-5-6-12-30(27)36-33(37-34)25-14-13-21-7-1-2-8-22(21)17-25;19-17-15-7-3-4-8-16(15)20-18(21-17)14-10-9-12-5-1-2-6-13(12)11-14;18-15-6-5-13-8-14-7-11-3-1-2-4-12(11)9-16(14)17(13)10-15;1-3-7-12-10(5-1)9-11-6-2-4-8-13(11)12/h1-28H;1-20H;1-11H;1-7,9-10H,8H2;1-8H,9H2. The van der Waals surface area contributed by atoms with Gasteiger partial charge in [0.2, 0.25) is 0 Å². The van der Waals surface area contributed by atoms with Crippen LogP contribution in [0.15, 0.2) is 461 Å². The minimum Gasteiger partial charge on any atom is -0.309 e. The van der Waals surface area contributed by atoms with Crippen molar-refractivity contribution in [3.8, 4) is 73.7 Å². The van der Waals surface area contributed by atoms with E-state index in [1.807, 2.05) is 66.7 Å². The number of hydrogen-bond donors (Lipinski definition) is 0. The van der Waals surface area contributed by atoms with Crippen LogP contribution in [-0.2, 0) is 12.8 Å². The molecule has 0 amide bonds. The number of nitrogens with zero attached hydrogens (tertiary/aromatic N) is 9. The van der Waals surface area contributed by atoms with Crippen LogP contribution >= 0.6 is 34.8 Å². The molecule has 6 heterocycles. The lowest BCUT2D eigenvalue weighted by Crippen LogP contribution is -2.03. The van der Waals surface area contributed by atoms with E-state index in [0.29, 0.717) is 27.6 Å². The molecule has 0 fully saturated rings. The predicted octanol–water partition coefficient (Wildman–Crippen LogP) is 34.6. The molecule has 22 aromatic carbocycles. The Morgan fingerprint density at radius 2 is 0.507 bits per heavy atom. The van der Waals surface area contributed by atoms with Gasteiger partial charge in [-0.15, -0.1) is 0 Å². The van der Waals surface area contributed by atoms with Crippen molar-refractivity contribution in [1.82, 2.24) is 43.6 Å². The quantitative estimate of drug-likeness (QED) is 0.154. The van der Waals surface area contributed by atoms with Crippen LogP contribution in [0.25, 0.3) is 237 Å². The highest BCUT2D eigenvalue weighted by atomic mass is 35.5. The molecule has 658 valence electrons. The van der Waals surface area contributed by atoms with Gasteiger partial charge in [-0.2, -0.15) is 0 Å². The molecule has 0 aliphatic heterocycles. The second-order valence-electron chi connectivity index (χ2n) is 36.0. The first-order chi connectivity index (χ1) is 69.1. The zero-order valence-electron chi connectivity index (χ0n) is 75.5. The third-order valence-electron chi connectivity index (χ3n) is 27.6. The van der Waals surface area contributed by atoms with E-state index in [-0.39, 0.29) is 0 Å². The van der Waals surface area contributed by atoms with Crippen LogP contribution in [0.2, 0.25) is 15.2 Å². The molecule has 6 aromatic heterocycles. The molecule has 0 bridgehead atoms. The van der Waals surface area contributed by atoms with Crippen molar-refractivity contribution in [3.05, 3.63) is 498 Å². The normalized spacial score (nSPS) is 11.9. The summed E-state index contributed by atoms with van der Waals surface area (Å²) < 4.78 is 7.01. The Balaban J connectivity index is 0.0000000978. The summed E-state index contributed by atoms with van der Waals surface area (Å²) in [6.07, 6.45) is 2.12. The van der Waals surface area contributed by atoms with Gasteiger partial charge in [0.15, 0.2) is 17.5 Å². The summed E-state index contributed by atoms with van der Waals surface area (Å²) in [5.74, 6) is 3.80. The number of halogens is 3. The second kappa shape index (κ2) is 34.8. The first-order valence-corrected chi connectivity index (χ1v) is 48.2. The van der Waals surface area contributed by atoms with E-state index in [4.69, 9.17) is 54.7 Å². The number of aromatic nitrogens is 9. The van der Waals surface area contributed by atoms with E-state index in [0.717, 1.165) is 117 Å². The number of para-hydroxylation sites is 5. The molecule has 0 unspecified atom stereocenters. The van der Waals surface area contributed by atoms with Crippen LogP contribution < -0.4 is 0 Å². The molecule has 0 atom stereocenters. The van der Waals surface area contributed by atoms with Gasteiger partial charge in [-0.25, -0.2) is 29.9 Å². The van der Waals surface area contributed by atoms with E-state index < -0.39 is 0 Å². The first kappa shape index (κ1) is 83.3. The summed E-state index contributed by atoms with van der Waals surface area (Å²) in [7, 11) is 0. The molecular formula is C128H80Cl3N9. The van der Waals surface area contributed by atoms with Gasteiger partial charge in [0, 0.05) is 80.9 Å². The summed E-state index contributed by atoms with van der Waals surface area (Å²) in [5.41, 5.74) is 24.7. The van der Waals surface area contributed by atoms with Crippen LogP contribution in [0.4, 0.5) is 0 Å². The fourth-order valence-electron chi connectivity index (χ4n) is 21.0. The molecule has 2 aliphatic rings. The first-order valence-electron chi connectivity index (χ1n) is 47.1. The molecule has 140 heavy (non-hydrogen) atoms. The number of fused-ring (bicyclic) bond motifs is 24. The van der Waals surface area contributed by atoms with Crippen molar-refractivity contribution in [2.45, 2.75) is 12.8 Å². The van der Waals surface area contributed by atoms with Crippen molar-refractivity contribution in [2.24, 2.45) is 0 Å². The second-order valence-corrected chi connectivity index (χ2v) is 37.2. The fraction of sp³-hybridized carbons (Fsp3) is 0.0156. The van der Waals surface area contributed by atoms with Crippen molar-refractivity contribution in [3.63, 3.8) is 0 Å². The minimum absolute atomic E-state index is 0.490. The number of rotatable bonds is 6. The van der Waals surface area contributed by atoms with Gasteiger partial charge in [-0.1, -0.05) is 350 Å². The number of benzene rings is 22. The molecule has 30 rings (SSSR count). The highest BCUT2D eigenvalue weighted by Gasteiger charge is 2.26. The molecule has 0 spiro atoms. The smallest absolute Gasteiger partial charge is 0.162 e. The van der Waals surface area contributed by atoms with Crippen LogP contribution in [0.5, 0.6) is 0 Å². The molecule has 0 saturated heterocycles. The van der Waals surface area contributed by atoms with Crippen LogP contribution in [-0.4, -0.2) is 43.6 Å². The third kappa shape index (κ3) is 15.0. The van der Waals surface area contributed by atoms with Crippen LogP contribution in [0.1, 0.15) is 22.3 Å². The lowest BCUT2D eigenvalue weighted by Gasteiger charge is -2.13. The largest absolute Gasteiger partial charge is 0.309 e. The zero-order chi connectivity index (χ0) is 93.0. The Hall–Kier alpha value is -17.3. The van der Waals surface area contributed by atoms with E-state index in [1.54, 1.807) is 0 Å². The maximum atomic E-state index is 6.51. The average molecular weight is 1850 g/mol. The van der Waals surface area contributed by atoms with Gasteiger partial charge >= 0.3 is 0 Å². The average Bonchev–Trinajstić information content (AvgIpc) is 1.57. The lowest BCUT2D eigenvalue weighted by molar-refractivity contribution is 1.07. The summed E-state index contributed by atoms with van der Waals surface area (Å²) >= 11 is 18.9. The monoisotopic (exact) mass is 1850 g/mol. The molecule has 28 aromatic rings. The Bertz CT molecular complexity index is 9850. The predicted molar refractivity (Wildman–Crippen MR) is 587 cm³/mol. The third-order valence-corrected chi connectivity index (χ3v) is 28.4. The summed E-state index contributed by atoms with van der Waals surface area (Å²) in [5, 5.41) is 26.5. The Labute approximate surface area is 820 Å².